The van der Waals surface area contributed by atoms with E-state index in [0.29, 0.717) is 30.5 Å². The van der Waals surface area contributed by atoms with Gasteiger partial charge in [0, 0.05) is 48.6 Å². The summed E-state index contributed by atoms with van der Waals surface area (Å²) in [4.78, 5) is 17.7. The molecule has 1 atom stereocenters. The highest BCUT2D eigenvalue weighted by atomic mass is 32.2. The molecular formula is C26H29N3O2S. The minimum absolute atomic E-state index is 0.0917. The number of benzene rings is 2. The minimum atomic E-state index is -0.0917. The van der Waals surface area contributed by atoms with Crippen LogP contribution in [-0.2, 0) is 19.5 Å². The first kappa shape index (κ1) is 21.0. The highest BCUT2D eigenvalue weighted by Crippen LogP contribution is 2.33. The number of hydrogen-bond donors (Lipinski definition) is 1. The molecule has 166 valence electrons. The molecule has 32 heavy (non-hydrogen) atoms. The van der Waals surface area contributed by atoms with Gasteiger partial charge in [-0.25, -0.2) is 0 Å². The number of amides is 1. The molecule has 1 amide bonds. The third kappa shape index (κ3) is 4.37. The van der Waals surface area contributed by atoms with Crippen molar-refractivity contribution in [3.8, 4) is 0 Å². The third-order valence-electron chi connectivity index (χ3n) is 6.42. The van der Waals surface area contributed by atoms with Crippen LogP contribution in [0.3, 0.4) is 0 Å². The Balaban J connectivity index is 1.21. The smallest absolute Gasteiger partial charge is 0.255 e. The summed E-state index contributed by atoms with van der Waals surface area (Å²) in [6, 6.07) is 19.2. The van der Waals surface area contributed by atoms with Crippen LogP contribution >= 0.6 is 11.8 Å². The fraction of sp³-hybridized carbons (Fsp3) is 0.346. The monoisotopic (exact) mass is 447 g/mol. The summed E-state index contributed by atoms with van der Waals surface area (Å²) in [5.41, 5.74) is 5.56. The van der Waals surface area contributed by atoms with Crippen molar-refractivity contribution in [2.24, 2.45) is 0 Å². The van der Waals surface area contributed by atoms with Crippen LogP contribution < -0.4 is 15.1 Å². The van der Waals surface area contributed by atoms with Gasteiger partial charge in [0.2, 0.25) is 0 Å². The average Bonchev–Trinajstić information content (AvgIpc) is 3.43. The molecule has 0 aliphatic carbocycles. The van der Waals surface area contributed by atoms with Gasteiger partial charge < -0.3 is 19.5 Å². The predicted molar refractivity (Wildman–Crippen MR) is 132 cm³/mol. The van der Waals surface area contributed by atoms with Crippen molar-refractivity contribution < 1.29 is 9.21 Å². The van der Waals surface area contributed by atoms with E-state index in [1.807, 2.05) is 11.8 Å². The number of thioether (sulfide) groups is 1. The third-order valence-corrected chi connectivity index (χ3v) is 7.36. The standard InChI is InChI=1S/C26H29N3O2S/c1-19-16-21-4-2-3-5-24(21)29(19)18-25-23(10-13-31-25)26(30)27-17-20-6-8-22(9-7-20)28-11-14-32-15-12-28/h2-10,13,19H,11-12,14-18H2,1H3,(H,27,30). The summed E-state index contributed by atoms with van der Waals surface area (Å²) < 4.78 is 5.74. The fourth-order valence-electron chi connectivity index (χ4n) is 4.61. The highest BCUT2D eigenvalue weighted by molar-refractivity contribution is 7.99. The van der Waals surface area contributed by atoms with Gasteiger partial charge in [-0.3, -0.25) is 4.79 Å². The zero-order chi connectivity index (χ0) is 21.9. The zero-order valence-corrected chi connectivity index (χ0v) is 19.2. The van der Waals surface area contributed by atoms with E-state index in [1.54, 1.807) is 12.3 Å². The topological polar surface area (TPSA) is 48.7 Å². The summed E-state index contributed by atoms with van der Waals surface area (Å²) >= 11 is 2.01. The molecule has 1 N–H and O–H groups in total. The maximum atomic E-state index is 12.9. The van der Waals surface area contributed by atoms with Gasteiger partial charge in [-0.2, -0.15) is 11.8 Å². The maximum Gasteiger partial charge on any atom is 0.255 e. The van der Waals surface area contributed by atoms with E-state index in [1.165, 1.54) is 28.4 Å². The molecule has 0 radical (unpaired) electrons. The van der Waals surface area contributed by atoms with E-state index in [2.05, 4.69) is 70.6 Å². The lowest BCUT2D eigenvalue weighted by Gasteiger charge is -2.28. The van der Waals surface area contributed by atoms with Crippen molar-refractivity contribution in [3.63, 3.8) is 0 Å². The number of anilines is 2. The molecule has 0 spiro atoms. The molecule has 1 aromatic heterocycles. The van der Waals surface area contributed by atoms with Crippen molar-refractivity contribution in [1.29, 1.82) is 0 Å². The van der Waals surface area contributed by atoms with Crippen LogP contribution in [-0.4, -0.2) is 36.5 Å². The van der Waals surface area contributed by atoms with Gasteiger partial charge in [0.1, 0.15) is 5.76 Å². The lowest BCUT2D eigenvalue weighted by molar-refractivity contribution is 0.0949. The molecule has 2 aliphatic heterocycles. The van der Waals surface area contributed by atoms with Crippen molar-refractivity contribution in [1.82, 2.24) is 5.32 Å². The Bertz CT molecular complexity index is 1070. The number of fused-ring (bicyclic) bond motifs is 1. The molecule has 5 rings (SSSR count). The first-order valence-electron chi connectivity index (χ1n) is 11.3. The summed E-state index contributed by atoms with van der Waals surface area (Å²) in [6.45, 7) is 5.52. The van der Waals surface area contributed by atoms with Crippen LogP contribution in [0.25, 0.3) is 0 Å². The predicted octanol–water partition coefficient (Wildman–Crippen LogP) is 4.71. The quantitative estimate of drug-likeness (QED) is 0.593. The van der Waals surface area contributed by atoms with E-state index in [-0.39, 0.29) is 5.91 Å². The second-order valence-corrected chi connectivity index (χ2v) is 9.74. The number of para-hydroxylation sites is 1. The van der Waals surface area contributed by atoms with Gasteiger partial charge in [0.15, 0.2) is 0 Å². The van der Waals surface area contributed by atoms with E-state index < -0.39 is 0 Å². The molecule has 1 unspecified atom stereocenters. The summed E-state index contributed by atoms with van der Waals surface area (Å²) in [7, 11) is 0. The Kier molecular flexibility index (Phi) is 6.12. The molecule has 5 nitrogen and oxygen atoms in total. The molecule has 3 heterocycles. The molecule has 2 aliphatic rings. The number of nitrogens with one attached hydrogen (secondary N) is 1. The first-order valence-corrected chi connectivity index (χ1v) is 12.5. The van der Waals surface area contributed by atoms with Crippen LogP contribution in [0.2, 0.25) is 0 Å². The number of nitrogens with zero attached hydrogens (tertiary/aromatic N) is 2. The Morgan fingerprint density at radius 3 is 2.69 bits per heavy atom. The van der Waals surface area contributed by atoms with Crippen molar-refractivity contribution in [3.05, 3.63) is 83.3 Å². The molecule has 0 saturated carbocycles. The Morgan fingerprint density at radius 1 is 1.09 bits per heavy atom. The number of carbonyl (C=O) groups excluding carboxylic acids is 1. The van der Waals surface area contributed by atoms with Gasteiger partial charge in [0.25, 0.3) is 5.91 Å². The Hall–Kier alpha value is -2.86. The molecule has 0 bridgehead atoms. The van der Waals surface area contributed by atoms with Crippen LogP contribution in [0.4, 0.5) is 11.4 Å². The average molecular weight is 448 g/mol. The second-order valence-electron chi connectivity index (χ2n) is 8.52. The highest BCUT2D eigenvalue weighted by Gasteiger charge is 2.28. The van der Waals surface area contributed by atoms with Crippen molar-refractivity contribution in [2.45, 2.75) is 32.5 Å². The molecule has 1 saturated heterocycles. The van der Waals surface area contributed by atoms with Gasteiger partial charge in [0.05, 0.1) is 18.4 Å². The van der Waals surface area contributed by atoms with Crippen LogP contribution in [0.1, 0.15) is 34.2 Å². The SMILES string of the molecule is CC1Cc2ccccc2N1Cc1occc1C(=O)NCc1ccc(N2CCSCC2)cc1. The molecule has 1 fully saturated rings. The van der Waals surface area contributed by atoms with Gasteiger partial charge in [-0.15, -0.1) is 0 Å². The lowest BCUT2D eigenvalue weighted by Crippen LogP contribution is -2.32. The lowest BCUT2D eigenvalue weighted by atomic mass is 10.1. The van der Waals surface area contributed by atoms with E-state index in [9.17, 15) is 4.79 Å². The molecule has 6 heteroatoms. The van der Waals surface area contributed by atoms with Crippen LogP contribution in [0, 0.1) is 0 Å². The van der Waals surface area contributed by atoms with Gasteiger partial charge in [-0.05, 0) is 48.7 Å². The van der Waals surface area contributed by atoms with Gasteiger partial charge in [-0.1, -0.05) is 30.3 Å². The minimum Gasteiger partial charge on any atom is -0.467 e. The van der Waals surface area contributed by atoms with E-state index in [0.717, 1.165) is 25.1 Å². The van der Waals surface area contributed by atoms with Crippen molar-refractivity contribution >= 4 is 29.0 Å². The number of rotatable bonds is 6. The summed E-state index contributed by atoms with van der Waals surface area (Å²) in [5.74, 6) is 3.00. The van der Waals surface area contributed by atoms with E-state index in [4.69, 9.17) is 4.42 Å². The number of hydrogen-bond acceptors (Lipinski definition) is 5. The maximum absolute atomic E-state index is 12.9. The van der Waals surface area contributed by atoms with E-state index >= 15 is 0 Å². The largest absolute Gasteiger partial charge is 0.467 e. The second kappa shape index (κ2) is 9.33. The summed E-state index contributed by atoms with van der Waals surface area (Å²) in [6.07, 6.45) is 2.63. The fourth-order valence-corrected chi connectivity index (χ4v) is 5.52. The molecular weight excluding hydrogens is 418 g/mol. The molecule has 2 aromatic carbocycles. The van der Waals surface area contributed by atoms with Crippen LogP contribution in [0.15, 0.2) is 65.3 Å². The molecule has 3 aromatic rings. The van der Waals surface area contributed by atoms with Crippen LogP contribution in [0.5, 0.6) is 0 Å². The number of carbonyl (C=O) groups is 1. The first-order chi connectivity index (χ1) is 15.7. The zero-order valence-electron chi connectivity index (χ0n) is 18.4. The Morgan fingerprint density at radius 2 is 1.88 bits per heavy atom. The number of furan rings is 1. The van der Waals surface area contributed by atoms with Gasteiger partial charge >= 0.3 is 0 Å². The summed E-state index contributed by atoms with van der Waals surface area (Å²) in [5, 5.41) is 3.06. The van der Waals surface area contributed by atoms with Crippen molar-refractivity contribution in [2.75, 3.05) is 34.4 Å². The Labute approximate surface area is 193 Å². The normalized spacial score (nSPS) is 18.0.